The molecule has 0 aliphatic carbocycles. The zero-order valence-electron chi connectivity index (χ0n) is 7.57. The van der Waals surface area contributed by atoms with E-state index < -0.39 is 0 Å². The average molecular weight is 175 g/mol. The normalized spacial score (nSPS) is 15.7. The highest BCUT2D eigenvalue weighted by Gasteiger charge is 2.22. The third kappa shape index (κ3) is 1.89. The van der Waals surface area contributed by atoms with Crippen molar-refractivity contribution in [2.45, 2.75) is 12.8 Å². The van der Waals surface area contributed by atoms with E-state index in [1.165, 1.54) is 5.56 Å². The molecule has 2 heteroatoms. The molecule has 2 nitrogen and oxygen atoms in total. The summed E-state index contributed by atoms with van der Waals surface area (Å²) in [6.07, 6.45) is 1.72. The van der Waals surface area contributed by atoms with Crippen LogP contribution in [0.3, 0.4) is 0 Å². The zero-order valence-corrected chi connectivity index (χ0v) is 7.57. The van der Waals surface area contributed by atoms with Crippen molar-refractivity contribution in [3.63, 3.8) is 0 Å². The second-order valence-electron chi connectivity index (χ2n) is 3.37. The molecule has 68 valence electrons. The van der Waals surface area contributed by atoms with Gasteiger partial charge in [0.2, 0.25) is 5.91 Å². The summed E-state index contributed by atoms with van der Waals surface area (Å²) in [5.74, 6) is 0.302. The van der Waals surface area contributed by atoms with Gasteiger partial charge in [-0.1, -0.05) is 30.3 Å². The number of likely N-dealkylation sites (tertiary alicyclic amines) is 1. The summed E-state index contributed by atoms with van der Waals surface area (Å²) < 4.78 is 0. The van der Waals surface area contributed by atoms with E-state index >= 15 is 0 Å². The van der Waals surface area contributed by atoms with Gasteiger partial charge in [-0.15, -0.1) is 0 Å². The highest BCUT2D eigenvalue weighted by atomic mass is 16.2. The van der Waals surface area contributed by atoms with Crippen molar-refractivity contribution < 1.29 is 4.79 Å². The van der Waals surface area contributed by atoms with Crippen LogP contribution in [0.2, 0.25) is 0 Å². The molecule has 1 aromatic carbocycles. The van der Waals surface area contributed by atoms with Crippen LogP contribution in [0.1, 0.15) is 12.0 Å². The number of hydrogen-bond donors (Lipinski definition) is 0. The molecule has 1 aromatic rings. The minimum absolute atomic E-state index is 0.302. The van der Waals surface area contributed by atoms with E-state index in [1.54, 1.807) is 0 Å². The van der Waals surface area contributed by atoms with Gasteiger partial charge >= 0.3 is 0 Å². The summed E-state index contributed by atoms with van der Waals surface area (Å²) in [5.41, 5.74) is 1.31. The van der Waals surface area contributed by atoms with Gasteiger partial charge < -0.3 is 4.90 Å². The number of nitrogens with zero attached hydrogens (tertiary/aromatic N) is 1. The van der Waals surface area contributed by atoms with Crippen LogP contribution < -0.4 is 0 Å². The van der Waals surface area contributed by atoms with E-state index in [0.717, 1.165) is 25.9 Å². The predicted octanol–water partition coefficient (Wildman–Crippen LogP) is 1.46. The molecule has 1 saturated heterocycles. The Bertz CT molecular complexity index is 294. The lowest BCUT2D eigenvalue weighted by molar-refractivity contribution is -0.139. The van der Waals surface area contributed by atoms with Crippen molar-refractivity contribution in [1.82, 2.24) is 4.90 Å². The fourth-order valence-corrected chi connectivity index (χ4v) is 1.51. The Morgan fingerprint density at radius 2 is 2.00 bits per heavy atom. The van der Waals surface area contributed by atoms with Crippen LogP contribution in [0, 0.1) is 0 Å². The van der Waals surface area contributed by atoms with Gasteiger partial charge in [0, 0.05) is 19.5 Å². The van der Waals surface area contributed by atoms with E-state index in [0.29, 0.717) is 5.91 Å². The van der Waals surface area contributed by atoms with Gasteiger partial charge in [-0.05, 0) is 12.0 Å². The van der Waals surface area contributed by atoms with Crippen molar-refractivity contribution in [3.8, 4) is 0 Å². The largest absolute Gasteiger partial charge is 0.342 e. The standard InChI is InChI=1S/C11H13NO/c13-11-7-9-12(11)8-6-10-4-2-1-3-5-10/h1-5H,6-9H2. The molecule has 0 radical (unpaired) electrons. The van der Waals surface area contributed by atoms with Crippen LogP contribution in [0.5, 0.6) is 0 Å². The fourth-order valence-electron chi connectivity index (χ4n) is 1.51. The molecule has 0 N–H and O–H groups in total. The van der Waals surface area contributed by atoms with Crippen molar-refractivity contribution in [1.29, 1.82) is 0 Å². The average Bonchev–Trinajstić information content (AvgIpc) is 2.17. The summed E-state index contributed by atoms with van der Waals surface area (Å²) in [6.45, 7) is 1.83. The molecule has 0 unspecified atom stereocenters. The Balaban J connectivity index is 1.83. The maximum atomic E-state index is 11.0. The first kappa shape index (κ1) is 8.30. The number of benzene rings is 1. The van der Waals surface area contributed by atoms with Crippen molar-refractivity contribution in [3.05, 3.63) is 35.9 Å². The molecular formula is C11H13NO. The second-order valence-corrected chi connectivity index (χ2v) is 3.37. The molecule has 13 heavy (non-hydrogen) atoms. The van der Waals surface area contributed by atoms with Crippen LogP contribution in [0.15, 0.2) is 30.3 Å². The van der Waals surface area contributed by atoms with Gasteiger partial charge in [-0.25, -0.2) is 0 Å². The first-order valence-electron chi connectivity index (χ1n) is 4.68. The lowest BCUT2D eigenvalue weighted by atomic mass is 10.1. The SMILES string of the molecule is O=C1CCN1CCc1ccccc1. The molecule has 2 rings (SSSR count). The van der Waals surface area contributed by atoms with Gasteiger partial charge in [-0.2, -0.15) is 0 Å². The minimum atomic E-state index is 0.302. The molecule has 1 aliphatic heterocycles. The molecular weight excluding hydrogens is 162 g/mol. The number of rotatable bonds is 3. The quantitative estimate of drug-likeness (QED) is 0.637. The Labute approximate surface area is 78.2 Å². The Morgan fingerprint density at radius 3 is 2.54 bits per heavy atom. The summed E-state index contributed by atoms with van der Waals surface area (Å²) >= 11 is 0. The lowest BCUT2D eigenvalue weighted by Gasteiger charge is -2.30. The van der Waals surface area contributed by atoms with Crippen LogP contribution in [0.25, 0.3) is 0 Å². The third-order valence-electron chi connectivity index (χ3n) is 2.46. The van der Waals surface area contributed by atoms with Crippen LogP contribution >= 0.6 is 0 Å². The molecule has 0 bridgehead atoms. The molecule has 0 spiro atoms. The van der Waals surface area contributed by atoms with Crippen LogP contribution in [-0.4, -0.2) is 23.9 Å². The smallest absolute Gasteiger partial charge is 0.224 e. The second kappa shape index (κ2) is 3.60. The van der Waals surface area contributed by atoms with E-state index in [9.17, 15) is 4.79 Å². The molecule has 1 heterocycles. The Morgan fingerprint density at radius 1 is 1.23 bits per heavy atom. The van der Waals surface area contributed by atoms with Gasteiger partial charge in [0.1, 0.15) is 0 Å². The highest BCUT2D eigenvalue weighted by Crippen LogP contribution is 2.09. The van der Waals surface area contributed by atoms with E-state index in [2.05, 4.69) is 12.1 Å². The number of amides is 1. The minimum Gasteiger partial charge on any atom is -0.342 e. The topological polar surface area (TPSA) is 20.3 Å². The maximum Gasteiger partial charge on any atom is 0.224 e. The molecule has 1 fully saturated rings. The summed E-state index contributed by atoms with van der Waals surface area (Å²) in [5, 5.41) is 0. The van der Waals surface area contributed by atoms with Gasteiger partial charge in [0.15, 0.2) is 0 Å². The first-order chi connectivity index (χ1) is 6.36. The van der Waals surface area contributed by atoms with E-state index in [4.69, 9.17) is 0 Å². The first-order valence-corrected chi connectivity index (χ1v) is 4.68. The number of carbonyl (C=O) groups is 1. The number of β-lactam (4-membered cyclic amide) rings is 1. The number of carbonyl (C=O) groups excluding carboxylic acids is 1. The Hall–Kier alpha value is -1.31. The summed E-state index contributed by atoms with van der Waals surface area (Å²) in [4.78, 5) is 12.9. The zero-order chi connectivity index (χ0) is 9.10. The maximum absolute atomic E-state index is 11.0. The molecule has 0 atom stereocenters. The van der Waals surface area contributed by atoms with Gasteiger partial charge in [0.05, 0.1) is 0 Å². The van der Waals surface area contributed by atoms with E-state index in [1.807, 2.05) is 23.1 Å². The van der Waals surface area contributed by atoms with Crippen LogP contribution in [0.4, 0.5) is 0 Å². The van der Waals surface area contributed by atoms with Crippen molar-refractivity contribution in [2.75, 3.05) is 13.1 Å². The fraction of sp³-hybridized carbons (Fsp3) is 0.364. The molecule has 1 amide bonds. The lowest BCUT2D eigenvalue weighted by Crippen LogP contribution is -2.44. The molecule has 1 aliphatic rings. The molecule has 0 saturated carbocycles. The third-order valence-corrected chi connectivity index (χ3v) is 2.46. The predicted molar refractivity (Wildman–Crippen MR) is 51.3 cm³/mol. The number of hydrogen-bond acceptors (Lipinski definition) is 1. The van der Waals surface area contributed by atoms with E-state index in [-0.39, 0.29) is 0 Å². The molecule has 0 aromatic heterocycles. The van der Waals surface area contributed by atoms with Crippen molar-refractivity contribution in [2.24, 2.45) is 0 Å². The summed E-state index contributed by atoms with van der Waals surface area (Å²) in [6, 6.07) is 10.3. The van der Waals surface area contributed by atoms with Gasteiger partial charge in [-0.3, -0.25) is 4.79 Å². The van der Waals surface area contributed by atoms with Crippen LogP contribution in [-0.2, 0) is 11.2 Å². The monoisotopic (exact) mass is 175 g/mol. The van der Waals surface area contributed by atoms with Gasteiger partial charge in [0.25, 0.3) is 0 Å². The Kier molecular flexibility index (Phi) is 2.30. The van der Waals surface area contributed by atoms with Crippen molar-refractivity contribution >= 4 is 5.91 Å². The highest BCUT2D eigenvalue weighted by molar-refractivity contribution is 5.81. The summed E-state index contributed by atoms with van der Waals surface area (Å²) in [7, 11) is 0.